The smallest absolute Gasteiger partial charge is 0.363 e. The van der Waals surface area contributed by atoms with Crippen molar-refractivity contribution >= 4 is 11.7 Å². The topological polar surface area (TPSA) is 59.0 Å². The molecular weight excluding hydrogens is 465 g/mol. The van der Waals surface area contributed by atoms with Gasteiger partial charge in [0.15, 0.2) is 6.04 Å². The molecule has 0 saturated carbocycles. The van der Waals surface area contributed by atoms with E-state index in [2.05, 4.69) is 60.8 Å². The van der Waals surface area contributed by atoms with Crippen LogP contribution in [0.1, 0.15) is 80.2 Å². The highest BCUT2D eigenvalue weighted by atomic mass is 19.4. The van der Waals surface area contributed by atoms with Crippen LogP contribution in [0.5, 0.6) is 0 Å². The minimum atomic E-state index is -4.50. The number of anilines is 1. The first-order chi connectivity index (χ1) is 16.8. The van der Waals surface area contributed by atoms with Gasteiger partial charge in [0.25, 0.3) is 5.91 Å². The molecule has 8 heteroatoms. The van der Waals surface area contributed by atoms with Crippen molar-refractivity contribution in [3.05, 3.63) is 83.0 Å². The molecule has 0 fully saturated rings. The SMILES string of the molecule is CC(C)(C)c1ccc(C(C)(C)CNC(=O)c2cnn3c2N[C@@H](c2ccccc2)C[C@H]3C(F)(F)F)cc1. The fraction of sp³-hybridized carbons (Fsp3) is 0.429. The number of carbonyl (C=O) groups is 1. The Labute approximate surface area is 210 Å². The molecular formula is C28H33F3N4O. The second-order valence-electron chi connectivity index (χ2n) is 11.1. The Morgan fingerprint density at radius 2 is 1.61 bits per heavy atom. The number of halogens is 3. The van der Waals surface area contributed by atoms with E-state index in [1.165, 1.54) is 11.8 Å². The van der Waals surface area contributed by atoms with Crippen molar-refractivity contribution in [2.24, 2.45) is 0 Å². The van der Waals surface area contributed by atoms with Crippen LogP contribution < -0.4 is 10.6 Å². The summed E-state index contributed by atoms with van der Waals surface area (Å²) in [6.45, 7) is 10.8. The standard InChI is InChI=1S/C28H33F3N4O/c1-26(2,3)19-11-13-20(14-12-19)27(4,5)17-32-25(36)21-16-33-35-23(28(29,30)31)15-22(34-24(21)35)18-9-7-6-8-10-18/h6-14,16,22-23,34H,15,17H2,1-5H3,(H,32,36)/t22-,23+/m1/s1. The molecule has 192 valence electrons. The minimum Gasteiger partial charge on any atom is -0.363 e. The summed E-state index contributed by atoms with van der Waals surface area (Å²) in [4.78, 5) is 13.2. The lowest BCUT2D eigenvalue weighted by atomic mass is 9.81. The molecule has 0 unspecified atom stereocenters. The molecule has 1 aliphatic heterocycles. The molecule has 3 aromatic rings. The molecule has 0 saturated heterocycles. The summed E-state index contributed by atoms with van der Waals surface area (Å²) in [6, 6.07) is 14.9. The molecule has 0 bridgehead atoms. The number of aromatic nitrogens is 2. The summed E-state index contributed by atoms with van der Waals surface area (Å²) in [5, 5.41) is 10.0. The molecule has 1 aliphatic rings. The number of carbonyl (C=O) groups excluding carboxylic acids is 1. The lowest BCUT2D eigenvalue weighted by Crippen LogP contribution is -2.38. The van der Waals surface area contributed by atoms with Gasteiger partial charge in [-0.25, -0.2) is 4.68 Å². The molecule has 2 heterocycles. The number of nitrogens with zero attached hydrogens (tertiary/aromatic N) is 2. The molecule has 0 aliphatic carbocycles. The lowest BCUT2D eigenvalue weighted by molar-refractivity contribution is -0.173. The second kappa shape index (κ2) is 9.30. The van der Waals surface area contributed by atoms with E-state index in [4.69, 9.17) is 0 Å². The summed E-state index contributed by atoms with van der Waals surface area (Å²) < 4.78 is 42.7. The summed E-state index contributed by atoms with van der Waals surface area (Å²) in [5.74, 6) is -0.375. The number of nitrogens with one attached hydrogen (secondary N) is 2. The predicted molar refractivity (Wildman–Crippen MR) is 135 cm³/mol. The van der Waals surface area contributed by atoms with Crippen LogP contribution in [0.2, 0.25) is 0 Å². The van der Waals surface area contributed by atoms with Gasteiger partial charge in [-0.15, -0.1) is 0 Å². The van der Waals surface area contributed by atoms with Gasteiger partial charge in [-0.3, -0.25) is 4.79 Å². The largest absolute Gasteiger partial charge is 0.410 e. The van der Waals surface area contributed by atoms with Gasteiger partial charge in [-0.05, 0) is 22.1 Å². The number of rotatable bonds is 5. The molecule has 2 aromatic carbocycles. The molecule has 1 aromatic heterocycles. The summed E-state index contributed by atoms with van der Waals surface area (Å²) in [7, 11) is 0. The van der Waals surface area contributed by atoms with Gasteiger partial charge in [0.05, 0.1) is 12.2 Å². The van der Waals surface area contributed by atoms with Crippen molar-refractivity contribution < 1.29 is 18.0 Å². The van der Waals surface area contributed by atoms with Gasteiger partial charge in [-0.1, -0.05) is 89.2 Å². The summed E-state index contributed by atoms with van der Waals surface area (Å²) in [6.07, 6.45) is -3.49. The van der Waals surface area contributed by atoms with Crippen LogP contribution in [-0.4, -0.2) is 28.4 Å². The fourth-order valence-electron chi connectivity index (χ4n) is 4.55. The van der Waals surface area contributed by atoms with Crippen molar-refractivity contribution in [2.45, 2.75) is 70.1 Å². The van der Waals surface area contributed by atoms with Crippen LogP contribution in [0.4, 0.5) is 19.0 Å². The van der Waals surface area contributed by atoms with Crippen LogP contribution in [0, 0.1) is 0 Å². The number of amides is 1. The maximum absolute atomic E-state index is 13.9. The Kier molecular flexibility index (Phi) is 6.66. The lowest BCUT2D eigenvalue weighted by Gasteiger charge is -2.34. The molecule has 0 spiro atoms. The Morgan fingerprint density at radius 1 is 1.00 bits per heavy atom. The van der Waals surface area contributed by atoms with Crippen molar-refractivity contribution in [1.29, 1.82) is 0 Å². The normalized spacial score (nSPS) is 18.3. The first-order valence-electron chi connectivity index (χ1n) is 12.1. The van der Waals surface area contributed by atoms with Crippen molar-refractivity contribution in [1.82, 2.24) is 15.1 Å². The maximum Gasteiger partial charge on any atom is 0.410 e. The van der Waals surface area contributed by atoms with E-state index < -0.39 is 24.2 Å². The third kappa shape index (κ3) is 5.27. The quantitative estimate of drug-likeness (QED) is 0.420. The van der Waals surface area contributed by atoms with Crippen LogP contribution in [0.25, 0.3) is 0 Å². The Hall–Kier alpha value is -3.29. The minimum absolute atomic E-state index is 0.0390. The van der Waals surface area contributed by atoms with E-state index in [1.54, 1.807) is 24.3 Å². The molecule has 2 N–H and O–H groups in total. The average Bonchev–Trinajstić information content (AvgIpc) is 3.25. The van der Waals surface area contributed by atoms with Gasteiger partial charge in [0.1, 0.15) is 11.4 Å². The van der Waals surface area contributed by atoms with E-state index in [-0.39, 0.29) is 28.6 Å². The monoisotopic (exact) mass is 498 g/mol. The van der Waals surface area contributed by atoms with Gasteiger partial charge in [-0.2, -0.15) is 18.3 Å². The summed E-state index contributed by atoms with van der Waals surface area (Å²) >= 11 is 0. The number of benzene rings is 2. The van der Waals surface area contributed by atoms with Crippen LogP contribution in [0.15, 0.2) is 60.8 Å². The van der Waals surface area contributed by atoms with E-state index >= 15 is 0 Å². The van der Waals surface area contributed by atoms with E-state index in [0.717, 1.165) is 15.8 Å². The van der Waals surface area contributed by atoms with Gasteiger partial charge in [0, 0.05) is 18.4 Å². The predicted octanol–water partition coefficient (Wildman–Crippen LogP) is 6.55. The number of hydrogen-bond donors (Lipinski definition) is 2. The van der Waals surface area contributed by atoms with Gasteiger partial charge in [0.2, 0.25) is 0 Å². The third-order valence-corrected chi connectivity index (χ3v) is 6.91. The van der Waals surface area contributed by atoms with Gasteiger partial charge < -0.3 is 10.6 Å². The summed E-state index contributed by atoms with van der Waals surface area (Å²) in [5.41, 5.74) is 2.77. The number of hydrogen-bond acceptors (Lipinski definition) is 3. The molecule has 0 radical (unpaired) electrons. The third-order valence-electron chi connectivity index (χ3n) is 6.91. The van der Waals surface area contributed by atoms with Crippen LogP contribution in [-0.2, 0) is 10.8 Å². The zero-order valence-electron chi connectivity index (χ0n) is 21.3. The highest BCUT2D eigenvalue weighted by molar-refractivity contribution is 5.99. The van der Waals surface area contributed by atoms with E-state index in [9.17, 15) is 18.0 Å². The Bertz CT molecular complexity index is 1210. The maximum atomic E-state index is 13.9. The second-order valence-corrected chi connectivity index (χ2v) is 11.1. The average molecular weight is 499 g/mol. The first kappa shape index (κ1) is 25.8. The van der Waals surface area contributed by atoms with Crippen LogP contribution in [0.3, 0.4) is 0 Å². The first-order valence-corrected chi connectivity index (χ1v) is 12.1. The Balaban J connectivity index is 1.55. The zero-order chi connectivity index (χ0) is 26.3. The molecule has 36 heavy (non-hydrogen) atoms. The molecule has 5 nitrogen and oxygen atoms in total. The highest BCUT2D eigenvalue weighted by Gasteiger charge is 2.47. The highest BCUT2D eigenvalue weighted by Crippen LogP contribution is 2.44. The molecule has 2 atom stereocenters. The van der Waals surface area contributed by atoms with Crippen LogP contribution >= 0.6 is 0 Å². The van der Waals surface area contributed by atoms with Crippen molar-refractivity contribution in [2.75, 3.05) is 11.9 Å². The Morgan fingerprint density at radius 3 is 2.19 bits per heavy atom. The van der Waals surface area contributed by atoms with E-state index in [0.29, 0.717) is 6.54 Å². The van der Waals surface area contributed by atoms with E-state index in [1.807, 2.05) is 19.9 Å². The number of fused-ring (bicyclic) bond motifs is 1. The molecule has 1 amide bonds. The van der Waals surface area contributed by atoms with Gasteiger partial charge >= 0.3 is 6.18 Å². The van der Waals surface area contributed by atoms with Crippen molar-refractivity contribution in [3.63, 3.8) is 0 Å². The van der Waals surface area contributed by atoms with Crippen molar-refractivity contribution in [3.8, 4) is 0 Å². The molecule has 4 rings (SSSR count). The zero-order valence-corrected chi connectivity index (χ0v) is 21.3. The fourth-order valence-corrected chi connectivity index (χ4v) is 4.55. The number of alkyl halides is 3.